The van der Waals surface area contributed by atoms with Crippen LogP contribution in [-0.4, -0.2) is 28.1 Å². The minimum Gasteiger partial charge on any atom is -0.481 e. The molecule has 0 heterocycles. The maximum absolute atomic E-state index is 12.1. The van der Waals surface area contributed by atoms with Crippen LogP contribution < -0.4 is 0 Å². The molecule has 3 unspecified atom stereocenters. The van der Waals surface area contributed by atoms with Gasteiger partial charge in [-0.15, -0.1) is 0 Å². The van der Waals surface area contributed by atoms with Crippen LogP contribution in [0.15, 0.2) is 54.6 Å². The lowest BCUT2D eigenvalue weighted by atomic mass is 9.86. The van der Waals surface area contributed by atoms with Crippen molar-refractivity contribution in [3.63, 3.8) is 0 Å². The maximum atomic E-state index is 12.1. The first-order chi connectivity index (χ1) is 13.1. The summed E-state index contributed by atoms with van der Waals surface area (Å²) in [5, 5.41) is 18.9. The Hall–Kier alpha value is -2.20. The quantitative estimate of drug-likeness (QED) is 0.424. The van der Waals surface area contributed by atoms with Gasteiger partial charge in [0, 0.05) is 12.3 Å². The molecule has 0 aliphatic heterocycles. The van der Waals surface area contributed by atoms with Gasteiger partial charge in [0.15, 0.2) is 5.78 Å². The van der Waals surface area contributed by atoms with E-state index in [0.717, 1.165) is 25.7 Å². The number of carboxylic acid groups (broad SMARTS) is 1. The first-order valence-electron chi connectivity index (χ1n) is 9.87. The van der Waals surface area contributed by atoms with Crippen LogP contribution in [0, 0.1) is 11.8 Å². The molecule has 0 spiro atoms. The van der Waals surface area contributed by atoms with Crippen LogP contribution in [-0.2, 0) is 16.0 Å². The van der Waals surface area contributed by atoms with Crippen molar-refractivity contribution in [1.82, 2.24) is 0 Å². The normalized spacial score (nSPS) is 20.4. The molecule has 4 heteroatoms. The number of aliphatic carboxylic acids is 1. The molecule has 0 aromatic heterocycles. The summed E-state index contributed by atoms with van der Waals surface area (Å²) in [7, 11) is 0. The van der Waals surface area contributed by atoms with E-state index in [2.05, 4.69) is 12.1 Å². The Morgan fingerprint density at radius 1 is 1.15 bits per heavy atom. The smallest absolute Gasteiger partial charge is 0.303 e. The average molecular weight is 370 g/mol. The molecule has 3 atom stereocenters. The minimum absolute atomic E-state index is 0.0398. The van der Waals surface area contributed by atoms with Gasteiger partial charge >= 0.3 is 5.97 Å². The topological polar surface area (TPSA) is 74.6 Å². The zero-order valence-corrected chi connectivity index (χ0v) is 15.8. The van der Waals surface area contributed by atoms with E-state index in [1.165, 1.54) is 5.56 Å². The van der Waals surface area contributed by atoms with Crippen LogP contribution in [0.1, 0.15) is 50.5 Å². The van der Waals surface area contributed by atoms with Crippen LogP contribution >= 0.6 is 0 Å². The van der Waals surface area contributed by atoms with Crippen molar-refractivity contribution in [3.05, 3.63) is 60.2 Å². The third-order valence-electron chi connectivity index (χ3n) is 5.15. The number of rotatable bonds is 12. The van der Waals surface area contributed by atoms with E-state index in [4.69, 9.17) is 5.11 Å². The van der Waals surface area contributed by atoms with E-state index in [1.807, 2.05) is 36.4 Å². The van der Waals surface area contributed by atoms with Gasteiger partial charge in [0.1, 0.15) is 0 Å². The largest absolute Gasteiger partial charge is 0.481 e. The highest BCUT2D eigenvalue weighted by atomic mass is 16.4. The zero-order chi connectivity index (χ0) is 19.5. The zero-order valence-electron chi connectivity index (χ0n) is 15.8. The van der Waals surface area contributed by atoms with Crippen molar-refractivity contribution < 1.29 is 19.8 Å². The van der Waals surface area contributed by atoms with Crippen molar-refractivity contribution in [2.75, 3.05) is 0 Å². The summed E-state index contributed by atoms with van der Waals surface area (Å²) in [6, 6.07) is 10.2. The number of ketones is 1. The monoisotopic (exact) mass is 370 g/mol. The standard InChI is InChI=1S/C23H30O4/c24-20(15-12-18-8-4-3-5-9-18)16-13-19-14-17-22(25)21(19)10-6-1-2-7-11-23(26)27/h1,3-6,8-9,14,17,19-21,24H,2,7,10-13,15-16H2,(H,26,27). The number of aliphatic hydroxyl groups excluding tert-OH is 1. The number of allylic oxidation sites excluding steroid dienone is 4. The molecule has 0 amide bonds. The number of carbonyl (C=O) groups is 2. The Morgan fingerprint density at radius 3 is 2.67 bits per heavy atom. The third-order valence-corrected chi connectivity index (χ3v) is 5.15. The highest BCUT2D eigenvalue weighted by Gasteiger charge is 2.29. The molecular formula is C23H30O4. The summed E-state index contributed by atoms with van der Waals surface area (Å²) in [5.74, 6) is -0.465. The van der Waals surface area contributed by atoms with Crippen LogP contribution in [0.3, 0.4) is 0 Å². The predicted molar refractivity (Wildman–Crippen MR) is 106 cm³/mol. The number of carboxylic acids is 1. The molecule has 1 aromatic rings. The van der Waals surface area contributed by atoms with Crippen molar-refractivity contribution in [1.29, 1.82) is 0 Å². The Morgan fingerprint density at radius 2 is 1.93 bits per heavy atom. The molecule has 0 radical (unpaired) electrons. The third kappa shape index (κ3) is 7.92. The van der Waals surface area contributed by atoms with Crippen molar-refractivity contribution >= 4 is 11.8 Å². The molecule has 0 bridgehead atoms. The molecule has 2 rings (SSSR count). The lowest BCUT2D eigenvalue weighted by Gasteiger charge is -2.18. The van der Waals surface area contributed by atoms with Gasteiger partial charge in [0.2, 0.25) is 0 Å². The number of aryl methyl sites for hydroxylation is 1. The molecular weight excluding hydrogens is 340 g/mol. The van der Waals surface area contributed by atoms with E-state index in [-0.39, 0.29) is 30.1 Å². The van der Waals surface area contributed by atoms with Crippen molar-refractivity contribution in [3.8, 4) is 0 Å². The molecule has 2 N–H and O–H groups in total. The summed E-state index contributed by atoms with van der Waals surface area (Å²) < 4.78 is 0. The first kappa shape index (κ1) is 21.1. The van der Waals surface area contributed by atoms with Gasteiger partial charge < -0.3 is 10.2 Å². The Bertz CT molecular complexity index is 648. The molecule has 1 aromatic carbocycles. The molecule has 0 saturated heterocycles. The van der Waals surface area contributed by atoms with E-state index < -0.39 is 5.97 Å². The van der Waals surface area contributed by atoms with Crippen LogP contribution in [0.5, 0.6) is 0 Å². The minimum atomic E-state index is -0.774. The van der Waals surface area contributed by atoms with Gasteiger partial charge in [-0.05, 0) is 62.5 Å². The summed E-state index contributed by atoms with van der Waals surface area (Å²) in [6.07, 6.45) is 12.6. The molecule has 1 aliphatic carbocycles. The van der Waals surface area contributed by atoms with E-state index in [9.17, 15) is 14.7 Å². The van der Waals surface area contributed by atoms with Crippen molar-refractivity contribution in [2.45, 2.75) is 57.5 Å². The lowest BCUT2D eigenvalue weighted by Crippen LogP contribution is -2.17. The van der Waals surface area contributed by atoms with E-state index in [1.54, 1.807) is 6.08 Å². The second-order valence-electron chi connectivity index (χ2n) is 7.28. The first-order valence-corrected chi connectivity index (χ1v) is 9.87. The Labute approximate surface area is 161 Å². The molecule has 146 valence electrons. The summed E-state index contributed by atoms with van der Waals surface area (Å²) in [5.41, 5.74) is 1.23. The lowest BCUT2D eigenvalue weighted by molar-refractivity contribution is -0.137. The number of hydrogen-bond donors (Lipinski definition) is 2. The molecule has 4 nitrogen and oxygen atoms in total. The second-order valence-corrected chi connectivity index (χ2v) is 7.28. The highest BCUT2D eigenvalue weighted by molar-refractivity contribution is 5.94. The maximum Gasteiger partial charge on any atom is 0.303 e. The van der Waals surface area contributed by atoms with Gasteiger partial charge in [-0.25, -0.2) is 0 Å². The highest BCUT2D eigenvalue weighted by Crippen LogP contribution is 2.30. The molecule has 0 fully saturated rings. The predicted octanol–water partition coefficient (Wildman–Crippen LogP) is 4.33. The fourth-order valence-electron chi connectivity index (χ4n) is 3.51. The van der Waals surface area contributed by atoms with Crippen LogP contribution in [0.2, 0.25) is 0 Å². The fourth-order valence-corrected chi connectivity index (χ4v) is 3.51. The number of aliphatic hydroxyl groups is 1. The number of hydrogen-bond acceptors (Lipinski definition) is 3. The van der Waals surface area contributed by atoms with Gasteiger partial charge in [0.05, 0.1) is 6.10 Å². The molecule has 27 heavy (non-hydrogen) atoms. The average Bonchev–Trinajstić information content (AvgIpc) is 3.01. The van der Waals surface area contributed by atoms with Crippen LogP contribution in [0.4, 0.5) is 0 Å². The van der Waals surface area contributed by atoms with E-state index >= 15 is 0 Å². The fraction of sp³-hybridized carbons (Fsp3) is 0.478. The Kier molecular flexibility index (Phi) is 8.99. The van der Waals surface area contributed by atoms with Gasteiger partial charge in [-0.1, -0.05) is 48.6 Å². The van der Waals surface area contributed by atoms with Gasteiger partial charge in [0.25, 0.3) is 0 Å². The number of benzene rings is 1. The van der Waals surface area contributed by atoms with Crippen molar-refractivity contribution in [2.24, 2.45) is 11.8 Å². The molecule has 1 aliphatic rings. The summed E-state index contributed by atoms with van der Waals surface area (Å²) >= 11 is 0. The number of carbonyl (C=O) groups excluding carboxylic acids is 1. The van der Waals surface area contributed by atoms with Crippen LogP contribution in [0.25, 0.3) is 0 Å². The molecule has 0 saturated carbocycles. The van der Waals surface area contributed by atoms with E-state index in [0.29, 0.717) is 19.3 Å². The Balaban J connectivity index is 1.69. The SMILES string of the molecule is O=C(O)CCCC=CCC1C(=O)C=CC1CCC(O)CCc1ccccc1. The van der Waals surface area contributed by atoms with Gasteiger partial charge in [-0.3, -0.25) is 9.59 Å². The number of unbranched alkanes of at least 4 members (excludes halogenated alkanes) is 1. The van der Waals surface area contributed by atoms with Gasteiger partial charge in [-0.2, -0.15) is 0 Å². The summed E-state index contributed by atoms with van der Waals surface area (Å²) in [6.45, 7) is 0. The summed E-state index contributed by atoms with van der Waals surface area (Å²) in [4.78, 5) is 22.6. The second kappa shape index (κ2) is 11.5.